The fourth-order valence-electron chi connectivity index (χ4n) is 6.03. The fourth-order valence-corrected chi connectivity index (χ4v) is 6.03. The van der Waals surface area contributed by atoms with Gasteiger partial charge in [0.2, 0.25) is 5.75 Å². The van der Waals surface area contributed by atoms with Crippen LogP contribution < -0.4 is 14.2 Å². The lowest BCUT2D eigenvalue weighted by molar-refractivity contribution is 0.0790. The summed E-state index contributed by atoms with van der Waals surface area (Å²) in [4.78, 5) is 32.0. The van der Waals surface area contributed by atoms with Gasteiger partial charge in [-0.25, -0.2) is 0 Å². The Balaban J connectivity index is 1.46. The van der Waals surface area contributed by atoms with Gasteiger partial charge in [0.25, 0.3) is 5.91 Å². The summed E-state index contributed by atoms with van der Waals surface area (Å²) in [5.74, 6) is 1.74. The van der Waals surface area contributed by atoms with Crippen molar-refractivity contribution in [2.45, 2.75) is 24.7 Å². The molecular formula is C27H26N2O5. The SMILES string of the molecule is COc1cc2cc(C(=O)N3CCC[C@H]4C[C@@]45C3=CC(=O)c3ccccc35)[nH]c2c(OC)c1OC. The van der Waals surface area contributed by atoms with Gasteiger partial charge in [-0.2, -0.15) is 0 Å². The summed E-state index contributed by atoms with van der Waals surface area (Å²) in [6, 6.07) is 11.5. The van der Waals surface area contributed by atoms with Gasteiger partial charge in [0, 0.05) is 34.7 Å². The Morgan fingerprint density at radius 2 is 1.88 bits per heavy atom. The number of ether oxygens (including phenoxy) is 3. The van der Waals surface area contributed by atoms with Crippen LogP contribution in [0.4, 0.5) is 0 Å². The molecule has 7 heteroatoms. The van der Waals surface area contributed by atoms with Crippen LogP contribution >= 0.6 is 0 Å². The third kappa shape index (κ3) is 2.70. The smallest absolute Gasteiger partial charge is 0.274 e. The normalized spacial score (nSPS) is 22.8. The number of carbonyl (C=O) groups is 2. The summed E-state index contributed by atoms with van der Waals surface area (Å²) < 4.78 is 16.5. The standard InChI is InChI=1S/C27H26N2O5/c1-32-21-12-15-11-19(28-23(15)25(34-3)24(21)33-2)26(31)29-10-6-7-16-14-27(16)18-9-5-4-8-17(18)20(30)13-22(27)29/h4-5,8-9,11-13,16,28H,6-7,10,14H2,1-3H3/t16-,27+/m0/s1. The zero-order chi connectivity index (χ0) is 23.6. The van der Waals surface area contributed by atoms with Gasteiger partial charge < -0.3 is 24.1 Å². The monoisotopic (exact) mass is 458 g/mol. The highest BCUT2D eigenvalue weighted by Crippen LogP contribution is 2.65. The minimum atomic E-state index is -0.243. The highest BCUT2D eigenvalue weighted by atomic mass is 16.5. The highest BCUT2D eigenvalue weighted by Gasteiger charge is 2.62. The molecule has 0 unspecified atom stereocenters. The fraction of sp³-hybridized carbons (Fsp3) is 0.333. The first-order valence-electron chi connectivity index (χ1n) is 11.5. The number of allylic oxidation sites excluding steroid dienone is 2. The number of carbonyl (C=O) groups excluding carboxylic acids is 2. The maximum atomic E-state index is 13.9. The van der Waals surface area contributed by atoms with Crippen molar-refractivity contribution in [3.63, 3.8) is 0 Å². The average Bonchev–Trinajstić information content (AvgIpc) is 3.45. The predicted octanol–water partition coefficient (Wildman–Crippen LogP) is 4.47. The van der Waals surface area contributed by atoms with E-state index < -0.39 is 0 Å². The molecule has 7 nitrogen and oxygen atoms in total. The molecule has 174 valence electrons. The number of hydrogen-bond acceptors (Lipinski definition) is 5. The molecule has 1 saturated carbocycles. The van der Waals surface area contributed by atoms with Crippen LogP contribution in [0.3, 0.4) is 0 Å². The third-order valence-corrected chi connectivity index (χ3v) is 7.62. The number of likely N-dealkylation sites (tertiary alicyclic amines) is 1. The van der Waals surface area contributed by atoms with Crippen LogP contribution in [0.2, 0.25) is 0 Å². The molecule has 2 fully saturated rings. The van der Waals surface area contributed by atoms with Crippen LogP contribution in [0.25, 0.3) is 10.9 Å². The Morgan fingerprint density at radius 1 is 1.09 bits per heavy atom. The van der Waals surface area contributed by atoms with E-state index in [2.05, 4.69) is 11.1 Å². The van der Waals surface area contributed by atoms with Crippen molar-refractivity contribution in [3.05, 3.63) is 65.0 Å². The Morgan fingerprint density at radius 3 is 2.65 bits per heavy atom. The van der Waals surface area contributed by atoms with Crippen LogP contribution in [0.5, 0.6) is 17.2 Å². The number of rotatable bonds is 4. The van der Waals surface area contributed by atoms with Gasteiger partial charge in [-0.15, -0.1) is 0 Å². The number of aromatic nitrogens is 1. The number of fused-ring (bicyclic) bond motifs is 2. The van der Waals surface area contributed by atoms with Crippen molar-refractivity contribution in [2.24, 2.45) is 5.92 Å². The van der Waals surface area contributed by atoms with Crippen molar-refractivity contribution >= 4 is 22.6 Å². The van der Waals surface area contributed by atoms with Crippen molar-refractivity contribution in [1.82, 2.24) is 9.88 Å². The molecule has 2 aromatic carbocycles. The number of aromatic amines is 1. The lowest BCUT2D eigenvalue weighted by atomic mass is 9.79. The van der Waals surface area contributed by atoms with E-state index in [0.29, 0.717) is 40.9 Å². The van der Waals surface area contributed by atoms with Crippen LogP contribution in [-0.4, -0.2) is 49.4 Å². The highest BCUT2D eigenvalue weighted by molar-refractivity contribution is 6.10. The molecule has 1 N–H and O–H groups in total. The number of nitrogens with zero attached hydrogens (tertiary/aromatic N) is 1. The van der Waals surface area contributed by atoms with Gasteiger partial charge >= 0.3 is 0 Å². The van der Waals surface area contributed by atoms with Gasteiger partial charge in [-0.05, 0) is 42.9 Å². The number of ketones is 1. The van der Waals surface area contributed by atoms with Crippen molar-refractivity contribution in [3.8, 4) is 17.2 Å². The summed E-state index contributed by atoms with van der Waals surface area (Å²) in [7, 11) is 4.67. The second-order valence-electron chi connectivity index (χ2n) is 9.20. The largest absolute Gasteiger partial charge is 0.493 e. The summed E-state index contributed by atoms with van der Waals surface area (Å²) in [5, 5.41) is 0.783. The predicted molar refractivity (Wildman–Crippen MR) is 127 cm³/mol. The number of benzene rings is 2. The molecule has 34 heavy (non-hydrogen) atoms. The van der Waals surface area contributed by atoms with Crippen LogP contribution in [0, 0.1) is 5.92 Å². The van der Waals surface area contributed by atoms with Crippen molar-refractivity contribution < 1.29 is 23.8 Å². The van der Waals surface area contributed by atoms with Gasteiger partial charge in [0.15, 0.2) is 17.3 Å². The van der Waals surface area contributed by atoms with Gasteiger partial charge in [-0.1, -0.05) is 24.3 Å². The van der Waals surface area contributed by atoms with E-state index >= 15 is 0 Å². The van der Waals surface area contributed by atoms with Gasteiger partial charge in [-0.3, -0.25) is 9.59 Å². The number of H-pyrrole nitrogens is 1. The van der Waals surface area contributed by atoms with Crippen LogP contribution in [0.15, 0.2) is 48.2 Å². The molecule has 1 aromatic heterocycles. The van der Waals surface area contributed by atoms with Crippen molar-refractivity contribution in [2.75, 3.05) is 27.9 Å². The van der Waals surface area contributed by atoms with E-state index in [0.717, 1.165) is 41.5 Å². The summed E-state index contributed by atoms with van der Waals surface area (Å²) in [6.07, 6.45) is 4.61. The quantitative estimate of drug-likeness (QED) is 0.624. The molecule has 2 aliphatic carbocycles. The maximum Gasteiger partial charge on any atom is 0.274 e. The first-order valence-corrected chi connectivity index (χ1v) is 11.5. The van der Waals surface area contributed by atoms with E-state index in [1.54, 1.807) is 27.4 Å². The molecule has 3 aromatic rings. The Hall–Kier alpha value is -3.74. The molecule has 2 atom stereocenters. The van der Waals surface area contributed by atoms with E-state index in [1.807, 2.05) is 35.2 Å². The average molecular weight is 459 g/mol. The zero-order valence-corrected chi connectivity index (χ0v) is 19.4. The molecule has 1 saturated heterocycles. The van der Waals surface area contributed by atoms with Crippen molar-refractivity contribution in [1.29, 1.82) is 0 Å². The molecule has 1 spiro atoms. The number of nitrogens with one attached hydrogen (secondary N) is 1. The molecule has 2 heterocycles. The Bertz CT molecular complexity index is 1390. The second kappa shape index (κ2) is 7.38. The molecule has 3 aliphatic rings. The minimum absolute atomic E-state index is 0.0330. The Labute approximate surface area is 197 Å². The first-order chi connectivity index (χ1) is 16.5. The molecule has 1 amide bonds. The number of amides is 1. The first kappa shape index (κ1) is 20.8. The number of hydrogen-bond donors (Lipinski definition) is 1. The maximum absolute atomic E-state index is 13.9. The zero-order valence-electron chi connectivity index (χ0n) is 19.4. The molecule has 6 rings (SSSR count). The summed E-state index contributed by atoms with van der Waals surface area (Å²) >= 11 is 0. The van der Waals surface area contributed by atoms with Gasteiger partial charge in [0.05, 0.1) is 26.8 Å². The second-order valence-corrected chi connectivity index (χ2v) is 9.20. The van der Waals surface area contributed by atoms with E-state index in [-0.39, 0.29) is 17.1 Å². The number of methoxy groups -OCH3 is 3. The van der Waals surface area contributed by atoms with Gasteiger partial charge in [0.1, 0.15) is 5.69 Å². The van der Waals surface area contributed by atoms with Crippen LogP contribution in [0.1, 0.15) is 45.7 Å². The third-order valence-electron chi connectivity index (χ3n) is 7.62. The van der Waals surface area contributed by atoms with E-state index in [9.17, 15) is 9.59 Å². The Kier molecular flexibility index (Phi) is 4.52. The summed E-state index contributed by atoms with van der Waals surface area (Å²) in [5.41, 5.74) is 3.52. The van der Waals surface area contributed by atoms with E-state index in [4.69, 9.17) is 14.2 Å². The minimum Gasteiger partial charge on any atom is -0.493 e. The topological polar surface area (TPSA) is 80.9 Å². The summed E-state index contributed by atoms with van der Waals surface area (Å²) in [6.45, 7) is 0.581. The van der Waals surface area contributed by atoms with E-state index in [1.165, 1.54) is 0 Å². The molecule has 0 radical (unpaired) electrons. The lowest BCUT2D eigenvalue weighted by Gasteiger charge is -2.33. The molecular weight excluding hydrogens is 432 g/mol. The molecule has 1 aliphatic heterocycles. The lowest BCUT2D eigenvalue weighted by Crippen LogP contribution is -2.38. The molecule has 0 bridgehead atoms. The van der Waals surface area contributed by atoms with Crippen LogP contribution in [-0.2, 0) is 5.41 Å².